The van der Waals surface area contributed by atoms with Crippen LogP contribution in [-0.4, -0.2) is 45.5 Å². The molecule has 0 radical (unpaired) electrons. The number of aryl methyl sites for hydroxylation is 2. The summed E-state index contributed by atoms with van der Waals surface area (Å²) in [7, 11) is -4.20. The maximum atomic E-state index is 12.3. The normalized spacial score (nSPS) is 12.8. The molecule has 0 fully saturated rings. The van der Waals surface area contributed by atoms with E-state index in [9.17, 15) is 9.59 Å². The molecular formula is C36H55O9P2+. The number of ether oxygens (including phenoxy) is 2. The number of hydrogen-bond donors (Lipinski definition) is 0. The lowest BCUT2D eigenvalue weighted by atomic mass is 9.91. The smallest absolute Gasteiger partial charge is 0.355 e. The second-order valence-electron chi connectivity index (χ2n) is 14.0. The van der Waals surface area contributed by atoms with Gasteiger partial charge >= 0.3 is 19.7 Å². The quantitative estimate of drug-likeness (QED) is 0.0400. The summed E-state index contributed by atoms with van der Waals surface area (Å²) in [6.07, 6.45) is 3.97. The zero-order valence-corrected chi connectivity index (χ0v) is 32.2. The summed E-state index contributed by atoms with van der Waals surface area (Å²) in [6, 6.07) is 10.2. The van der Waals surface area contributed by atoms with E-state index >= 15 is 0 Å². The van der Waals surface area contributed by atoms with Crippen molar-refractivity contribution in [2.75, 3.05) is 33.6 Å². The van der Waals surface area contributed by atoms with E-state index in [1.54, 1.807) is 41.5 Å². The maximum Gasteiger partial charge on any atom is 0.355 e. The van der Waals surface area contributed by atoms with E-state index in [0.717, 1.165) is 53.5 Å². The highest BCUT2D eigenvalue weighted by Crippen LogP contribution is 2.57. The average molecular weight is 694 g/mol. The maximum absolute atomic E-state index is 12.3. The third-order valence-corrected chi connectivity index (χ3v) is 8.79. The monoisotopic (exact) mass is 693 g/mol. The van der Waals surface area contributed by atoms with E-state index in [2.05, 4.69) is 19.6 Å². The molecule has 0 aliphatic carbocycles. The van der Waals surface area contributed by atoms with Crippen LogP contribution in [0.4, 0.5) is 0 Å². The molecular weight excluding hydrogens is 638 g/mol. The van der Waals surface area contributed by atoms with Gasteiger partial charge in [0.25, 0.3) is 0 Å². The van der Waals surface area contributed by atoms with Crippen LogP contribution in [0.15, 0.2) is 36.9 Å². The van der Waals surface area contributed by atoms with Gasteiger partial charge in [-0.3, -0.25) is 14.1 Å². The van der Waals surface area contributed by atoms with Gasteiger partial charge in [-0.1, -0.05) is 55.7 Å². The summed E-state index contributed by atoms with van der Waals surface area (Å²) in [6.45, 7) is 25.9. The van der Waals surface area contributed by atoms with Crippen LogP contribution in [0.25, 0.3) is 16.7 Å². The van der Waals surface area contributed by atoms with Gasteiger partial charge in [-0.05, 0) is 102 Å². The number of rotatable bonds is 17. The highest BCUT2D eigenvalue weighted by atomic mass is 31.2. The summed E-state index contributed by atoms with van der Waals surface area (Å²) in [5, 5.41) is 0. The van der Waals surface area contributed by atoms with Crippen LogP contribution in [-0.2, 0) is 39.6 Å². The van der Waals surface area contributed by atoms with Crippen molar-refractivity contribution in [3.05, 3.63) is 53.6 Å². The Kier molecular flexibility index (Phi) is 15.3. The van der Waals surface area contributed by atoms with Gasteiger partial charge in [0, 0.05) is 6.66 Å². The van der Waals surface area contributed by atoms with Crippen LogP contribution in [0, 0.1) is 17.8 Å². The van der Waals surface area contributed by atoms with Gasteiger partial charge in [0.2, 0.25) is 15.2 Å². The fraction of sp³-hybridized carbons (Fsp3) is 0.556. The molecule has 1 unspecified atom stereocenters. The van der Waals surface area contributed by atoms with E-state index in [4.69, 9.17) is 32.6 Å². The molecule has 0 N–H and O–H groups in total. The Morgan fingerprint density at radius 1 is 0.894 bits per heavy atom. The van der Waals surface area contributed by atoms with Crippen LogP contribution in [0.5, 0.6) is 11.5 Å². The van der Waals surface area contributed by atoms with Crippen LogP contribution in [0.1, 0.15) is 91.3 Å². The highest BCUT2D eigenvalue weighted by Gasteiger charge is 2.36. The van der Waals surface area contributed by atoms with Gasteiger partial charge < -0.3 is 18.5 Å². The molecule has 2 aromatic rings. The molecule has 2 rings (SSSR count). The van der Waals surface area contributed by atoms with Gasteiger partial charge in [0.15, 0.2) is 12.5 Å². The molecule has 2 aromatic carbocycles. The van der Waals surface area contributed by atoms with Crippen LogP contribution < -0.4 is 9.05 Å². The second-order valence-corrected chi connectivity index (χ2v) is 18.2. The van der Waals surface area contributed by atoms with Gasteiger partial charge in [-0.2, -0.15) is 4.89 Å². The third kappa shape index (κ3) is 13.5. The third-order valence-electron chi connectivity index (χ3n) is 6.76. The minimum atomic E-state index is -2.69. The largest absolute Gasteiger partial charge is 0.447 e. The molecule has 1 atom stereocenters. The summed E-state index contributed by atoms with van der Waals surface area (Å²) < 4.78 is 35.3. The first-order valence-electron chi connectivity index (χ1n) is 15.9. The van der Waals surface area contributed by atoms with Crippen molar-refractivity contribution in [3.8, 4) is 22.6 Å². The van der Waals surface area contributed by atoms with Crippen molar-refractivity contribution in [2.45, 2.75) is 88.0 Å². The van der Waals surface area contributed by atoms with Crippen molar-refractivity contribution in [1.29, 1.82) is 0 Å². The van der Waals surface area contributed by atoms with Crippen LogP contribution in [0.3, 0.4) is 0 Å². The van der Waals surface area contributed by atoms with Crippen molar-refractivity contribution >= 4 is 33.6 Å². The van der Waals surface area contributed by atoms with Crippen molar-refractivity contribution in [1.82, 2.24) is 0 Å². The Morgan fingerprint density at radius 3 is 2.06 bits per heavy atom. The molecule has 11 heteroatoms. The van der Waals surface area contributed by atoms with E-state index in [1.165, 1.54) is 0 Å². The molecule has 0 saturated carbocycles. The summed E-state index contributed by atoms with van der Waals surface area (Å²) in [5.74, 6) is 0.360. The summed E-state index contributed by atoms with van der Waals surface area (Å²) in [5.41, 5.74) is 4.17. The molecule has 0 spiro atoms. The number of hydrogen-bond acceptors (Lipinski definition) is 9. The van der Waals surface area contributed by atoms with Gasteiger partial charge in [0.05, 0.1) is 16.4 Å². The topological polar surface area (TPSA) is 98.8 Å². The number of unbranched alkanes of at least 4 members (excludes halogenated alkanes) is 2. The zero-order valence-electron chi connectivity index (χ0n) is 30.4. The Hall–Kier alpha value is -2.54. The minimum Gasteiger partial charge on any atom is -0.447 e. The standard InChI is InChI=1S/C36H55O9P2/c1-14-15-16-17-27-21-30(43-46(11)42-24-40-34(38)36(8,9)10)32(29-20-26(4)18-19-28(29)25(2)3)31(22-27)44-47(12,13)45-41-23-39-33(37)35(5,6)7/h18-22H,2,14-17,23-24H2,1,3-13H3/q+1. The van der Waals surface area contributed by atoms with E-state index in [1.807, 2.05) is 58.1 Å². The van der Waals surface area contributed by atoms with Crippen molar-refractivity contribution < 1.29 is 42.2 Å². The Bertz CT molecular complexity index is 1370. The first-order chi connectivity index (χ1) is 21.7. The molecule has 9 nitrogen and oxygen atoms in total. The molecule has 262 valence electrons. The van der Waals surface area contributed by atoms with Crippen molar-refractivity contribution in [2.24, 2.45) is 10.8 Å². The molecule has 0 saturated heterocycles. The first-order valence-corrected chi connectivity index (χ1v) is 20.1. The first kappa shape index (κ1) is 40.6. The van der Waals surface area contributed by atoms with E-state index in [-0.39, 0.29) is 19.6 Å². The number of carbonyl (C=O) groups is 2. The Labute approximate surface area is 284 Å². The molecule has 0 bridgehead atoms. The molecule has 0 amide bonds. The Morgan fingerprint density at radius 2 is 1.49 bits per heavy atom. The highest BCUT2D eigenvalue weighted by molar-refractivity contribution is 7.65. The van der Waals surface area contributed by atoms with Gasteiger partial charge in [0.1, 0.15) is 19.1 Å². The zero-order chi connectivity index (χ0) is 35.6. The predicted molar refractivity (Wildman–Crippen MR) is 192 cm³/mol. The Balaban J connectivity index is 2.56. The van der Waals surface area contributed by atoms with Gasteiger partial charge in [-0.15, -0.1) is 0 Å². The summed E-state index contributed by atoms with van der Waals surface area (Å²) >= 11 is 0. The average Bonchev–Trinajstić information content (AvgIpc) is 2.93. The number of esters is 2. The fourth-order valence-electron chi connectivity index (χ4n) is 4.24. The predicted octanol–water partition coefficient (Wildman–Crippen LogP) is 10.3. The SMILES string of the molecule is C=C(C)c1ccc(C)cc1-c1c(OP(C)OCOC(=O)C(C)(C)C)cc(CCCCC)cc1O[P+](C)(C)OOCOC(=O)C(C)(C)C. The number of benzene rings is 2. The number of allylic oxidation sites excluding steroid dienone is 1. The molecule has 0 aliphatic rings. The summed E-state index contributed by atoms with van der Waals surface area (Å²) in [4.78, 5) is 29.8. The lowest BCUT2D eigenvalue weighted by Crippen LogP contribution is -2.24. The number of carbonyl (C=O) groups excluding carboxylic acids is 2. The molecule has 0 aromatic heterocycles. The van der Waals surface area contributed by atoms with Crippen LogP contribution >= 0.6 is 16.1 Å². The molecule has 0 heterocycles. The fourth-order valence-corrected chi connectivity index (χ4v) is 5.86. The second kappa shape index (κ2) is 17.7. The molecule has 0 aliphatic heterocycles. The lowest BCUT2D eigenvalue weighted by molar-refractivity contribution is -0.265. The van der Waals surface area contributed by atoms with Gasteiger partial charge in [-0.25, -0.2) is 0 Å². The van der Waals surface area contributed by atoms with Crippen LogP contribution in [0.2, 0.25) is 0 Å². The lowest BCUT2D eigenvalue weighted by Gasteiger charge is -2.24. The van der Waals surface area contributed by atoms with Crippen molar-refractivity contribution in [3.63, 3.8) is 0 Å². The van der Waals surface area contributed by atoms with E-state index < -0.39 is 32.9 Å². The van der Waals surface area contributed by atoms with E-state index in [0.29, 0.717) is 17.1 Å². The molecule has 47 heavy (non-hydrogen) atoms. The minimum absolute atomic E-state index is 0.224.